The normalized spacial score (nSPS) is 11.0. The van der Waals surface area contributed by atoms with Crippen molar-refractivity contribution in [3.8, 4) is 0 Å². The molecule has 26 heavy (non-hydrogen) atoms. The zero-order chi connectivity index (χ0) is 19.1. The summed E-state index contributed by atoms with van der Waals surface area (Å²) in [5.74, 6) is -1.20. The van der Waals surface area contributed by atoms with Crippen LogP contribution in [0.1, 0.15) is 29.4 Å². The molecule has 0 spiro atoms. The van der Waals surface area contributed by atoms with Crippen molar-refractivity contribution in [2.45, 2.75) is 19.8 Å². The predicted molar refractivity (Wildman–Crippen MR) is 99.7 cm³/mol. The average Bonchev–Trinajstić information content (AvgIpc) is 2.98. The van der Waals surface area contributed by atoms with Crippen molar-refractivity contribution in [1.29, 1.82) is 0 Å². The van der Waals surface area contributed by atoms with Gasteiger partial charge in [0.05, 0.1) is 18.5 Å². The number of primary amides is 1. The maximum atomic E-state index is 12.0. The molecule has 10 heteroatoms. The number of carbonyl (C=O) groups is 3. The van der Waals surface area contributed by atoms with Gasteiger partial charge in [0.2, 0.25) is 17.7 Å². The van der Waals surface area contributed by atoms with Crippen molar-refractivity contribution in [1.82, 2.24) is 10.4 Å². The van der Waals surface area contributed by atoms with Crippen LogP contribution in [0.15, 0.2) is 34.7 Å². The Hall–Kier alpha value is -3.27. The van der Waals surface area contributed by atoms with E-state index in [9.17, 15) is 14.4 Å². The van der Waals surface area contributed by atoms with Gasteiger partial charge in [0.25, 0.3) is 0 Å². The molecule has 0 fully saturated rings. The first-order valence-corrected chi connectivity index (χ1v) is 8.43. The standard InChI is InChI=1S/C16H18N6O3S/c1-9(21-22-14(24)7-12-8-26-16(18)20-12)6-13(23)19-11-4-2-10(3-5-11)15(17)25/h2-5,8H,6-7H2,1H3,(H2,17,25)(H2,18,20)(H,19,23)(H,22,24)/b21-9+. The van der Waals surface area contributed by atoms with Gasteiger partial charge in [-0.1, -0.05) is 0 Å². The monoisotopic (exact) mass is 374 g/mol. The lowest BCUT2D eigenvalue weighted by molar-refractivity contribution is -0.120. The van der Waals surface area contributed by atoms with Crippen LogP contribution in [0, 0.1) is 0 Å². The Kier molecular flexibility index (Phi) is 6.39. The number of thiazole rings is 1. The lowest BCUT2D eigenvalue weighted by Crippen LogP contribution is -2.23. The number of hydrogen-bond donors (Lipinski definition) is 4. The topological polar surface area (TPSA) is 153 Å². The van der Waals surface area contributed by atoms with Gasteiger partial charge in [0, 0.05) is 22.3 Å². The molecule has 0 atom stereocenters. The zero-order valence-corrected chi connectivity index (χ0v) is 14.8. The van der Waals surface area contributed by atoms with Gasteiger partial charge in [-0.15, -0.1) is 11.3 Å². The van der Waals surface area contributed by atoms with Gasteiger partial charge in [0.1, 0.15) is 0 Å². The lowest BCUT2D eigenvalue weighted by atomic mass is 10.2. The minimum Gasteiger partial charge on any atom is -0.375 e. The molecule has 0 bridgehead atoms. The van der Waals surface area contributed by atoms with Gasteiger partial charge in [-0.05, 0) is 31.2 Å². The second-order valence-electron chi connectivity index (χ2n) is 5.40. The van der Waals surface area contributed by atoms with E-state index in [1.807, 2.05) is 0 Å². The third kappa shape index (κ3) is 5.98. The average molecular weight is 374 g/mol. The van der Waals surface area contributed by atoms with E-state index in [0.29, 0.717) is 27.8 Å². The van der Waals surface area contributed by atoms with Gasteiger partial charge in [-0.3, -0.25) is 14.4 Å². The van der Waals surface area contributed by atoms with Crippen LogP contribution in [0.5, 0.6) is 0 Å². The number of hydrazone groups is 1. The molecular formula is C16H18N6O3S. The highest BCUT2D eigenvalue weighted by molar-refractivity contribution is 7.13. The molecule has 1 aromatic carbocycles. The fourth-order valence-electron chi connectivity index (χ4n) is 1.96. The Bertz CT molecular complexity index is 844. The number of aromatic nitrogens is 1. The lowest BCUT2D eigenvalue weighted by Gasteiger charge is -2.06. The summed E-state index contributed by atoms with van der Waals surface area (Å²) in [6.45, 7) is 1.62. The maximum absolute atomic E-state index is 12.0. The van der Waals surface area contributed by atoms with Gasteiger partial charge in [-0.25, -0.2) is 10.4 Å². The molecule has 136 valence electrons. The third-order valence-corrected chi connectivity index (χ3v) is 3.87. The summed E-state index contributed by atoms with van der Waals surface area (Å²) in [6, 6.07) is 6.19. The van der Waals surface area contributed by atoms with Gasteiger partial charge >= 0.3 is 0 Å². The maximum Gasteiger partial charge on any atom is 0.248 e. The number of nitrogens with one attached hydrogen (secondary N) is 2. The van der Waals surface area contributed by atoms with Crippen molar-refractivity contribution in [3.63, 3.8) is 0 Å². The van der Waals surface area contributed by atoms with Crippen LogP contribution in [0.2, 0.25) is 0 Å². The Balaban J connectivity index is 1.80. The molecule has 0 saturated carbocycles. The largest absolute Gasteiger partial charge is 0.375 e. The number of nitrogens with zero attached hydrogens (tertiary/aromatic N) is 2. The minimum atomic E-state index is -0.540. The number of amides is 3. The van der Waals surface area contributed by atoms with Gasteiger partial charge in [0.15, 0.2) is 5.13 Å². The van der Waals surface area contributed by atoms with Crippen LogP contribution in [0.25, 0.3) is 0 Å². The number of hydrogen-bond acceptors (Lipinski definition) is 7. The number of benzene rings is 1. The molecule has 0 radical (unpaired) electrons. The molecule has 2 aromatic rings. The van der Waals surface area contributed by atoms with E-state index in [0.717, 1.165) is 0 Å². The predicted octanol–water partition coefficient (Wildman–Crippen LogP) is 0.888. The highest BCUT2D eigenvalue weighted by Gasteiger charge is 2.08. The molecule has 1 aromatic heterocycles. The summed E-state index contributed by atoms with van der Waals surface area (Å²) >= 11 is 1.25. The fraction of sp³-hybridized carbons (Fsp3) is 0.188. The van der Waals surface area contributed by atoms with Crippen LogP contribution in [0.4, 0.5) is 10.8 Å². The molecule has 0 unspecified atom stereocenters. The summed E-state index contributed by atoms with van der Waals surface area (Å²) < 4.78 is 0. The van der Waals surface area contributed by atoms with Crippen LogP contribution < -0.4 is 22.2 Å². The molecular weight excluding hydrogens is 356 g/mol. The summed E-state index contributed by atoms with van der Waals surface area (Å²) in [4.78, 5) is 38.7. The molecule has 0 saturated heterocycles. The van der Waals surface area contributed by atoms with E-state index in [2.05, 4.69) is 20.8 Å². The highest BCUT2D eigenvalue weighted by Crippen LogP contribution is 2.11. The van der Waals surface area contributed by atoms with Gasteiger partial charge < -0.3 is 16.8 Å². The van der Waals surface area contributed by atoms with Crippen molar-refractivity contribution in [2.24, 2.45) is 10.8 Å². The fourth-order valence-corrected chi connectivity index (χ4v) is 2.52. The SMILES string of the molecule is C/C(CC(=O)Nc1ccc(C(N)=O)cc1)=N\NC(=O)Cc1csc(N)n1. The van der Waals surface area contributed by atoms with Crippen molar-refractivity contribution < 1.29 is 14.4 Å². The Morgan fingerprint density at radius 3 is 2.46 bits per heavy atom. The molecule has 6 N–H and O–H groups in total. The van der Waals surface area contributed by atoms with Gasteiger partial charge in [-0.2, -0.15) is 5.10 Å². The Morgan fingerprint density at radius 1 is 1.19 bits per heavy atom. The van der Waals surface area contributed by atoms with E-state index in [1.165, 1.54) is 23.5 Å². The first-order valence-electron chi connectivity index (χ1n) is 7.55. The molecule has 1 heterocycles. The van der Waals surface area contributed by atoms with Crippen LogP contribution in [-0.2, 0) is 16.0 Å². The summed E-state index contributed by atoms with van der Waals surface area (Å²) in [6.07, 6.45) is 0.0599. The number of rotatable bonds is 7. The van der Waals surface area contributed by atoms with E-state index in [-0.39, 0.29) is 24.7 Å². The van der Waals surface area contributed by atoms with Crippen molar-refractivity contribution >= 4 is 45.6 Å². The molecule has 0 aliphatic carbocycles. The highest BCUT2D eigenvalue weighted by atomic mass is 32.1. The molecule has 9 nitrogen and oxygen atoms in total. The smallest absolute Gasteiger partial charge is 0.248 e. The molecule has 0 aliphatic heterocycles. The molecule has 2 rings (SSSR count). The van der Waals surface area contributed by atoms with Crippen LogP contribution in [-0.4, -0.2) is 28.4 Å². The Morgan fingerprint density at radius 2 is 1.88 bits per heavy atom. The zero-order valence-electron chi connectivity index (χ0n) is 14.0. The molecule has 0 aliphatic rings. The molecule has 3 amide bonds. The van der Waals surface area contributed by atoms with Crippen LogP contribution >= 0.6 is 11.3 Å². The van der Waals surface area contributed by atoms with E-state index >= 15 is 0 Å². The quantitative estimate of drug-likeness (QED) is 0.419. The number of nitrogen functional groups attached to an aromatic ring is 1. The number of anilines is 2. The second-order valence-corrected chi connectivity index (χ2v) is 6.29. The first-order chi connectivity index (χ1) is 12.3. The summed E-state index contributed by atoms with van der Waals surface area (Å²) in [5.41, 5.74) is 14.9. The Labute approximate surface area is 153 Å². The number of nitrogens with two attached hydrogens (primary N) is 2. The van der Waals surface area contributed by atoms with Crippen molar-refractivity contribution in [2.75, 3.05) is 11.1 Å². The van der Waals surface area contributed by atoms with Crippen molar-refractivity contribution in [3.05, 3.63) is 40.9 Å². The van der Waals surface area contributed by atoms with E-state index in [1.54, 1.807) is 24.4 Å². The summed E-state index contributed by atoms with van der Waals surface area (Å²) in [5, 5.41) is 8.64. The summed E-state index contributed by atoms with van der Waals surface area (Å²) in [7, 11) is 0. The van der Waals surface area contributed by atoms with E-state index < -0.39 is 5.91 Å². The minimum absolute atomic E-state index is 0.00149. The third-order valence-electron chi connectivity index (χ3n) is 3.15. The second kappa shape index (κ2) is 8.72. The van der Waals surface area contributed by atoms with Crippen LogP contribution in [0.3, 0.4) is 0 Å². The van der Waals surface area contributed by atoms with E-state index in [4.69, 9.17) is 11.5 Å². The number of carbonyl (C=O) groups excluding carboxylic acids is 3. The first kappa shape index (κ1) is 19.1.